The first kappa shape index (κ1) is 12.4. The van der Waals surface area contributed by atoms with Crippen LogP contribution >= 0.6 is 0 Å². The van der Waals surface area contributed by atoms with Gasteiger partial charge < -0.3 is 5.32 Å². The fourth-order valence-electron chi connectivity index (χ4n) is 1.43. The molecular weight excluding hydrogens is 256 g/mol. The Morgan fingerprint density at radius 1 is 1.26 bits per heavy atom. The number of non-ortho nitro benzene ring substituents is 1. The molecule has 1 heterocycles. The van der Waals surface area contributed by atoms with E-state index in [1.165, 1.54) is 18.5 Å². The molecule has 0 aliphatic carbocycles. The van der Waals surface area contributed by atoms with Crippen LogP contribution in [0.1, 0.15) is 5.82 Å². The van der Waals surface area contributed by atoms with Crippen molar-refractivity contribution in [3.63, 3.8) is 0 Å². The monoisotopic (exact) mass is 264 g/mol. The van der Waals surface area contributed by atoms with Crippen molar-refractivity contribution in [2.24, 2.45) is 0 Å². The van der Waals surface area contributed by atoms with Crippen molar-refractivity contribution in [3.8, 4) is 0 Å². The summed E-state index contributed by atoms with van der Waals surface area (Å²) in [7, 11) is 0. The molecular formula is C9H8N6O4. The summed E-state index contributed by atoms with van der Waals surface area (Å²) in [6.45, 7) is 0.193. The average Bonchev–Trinajstić information content (AvgIpc) is 2.89. The molecule has 98 valence electrons. The lowest BCUT2D eigenvalue weighted by molar-refractivity contribution is -0.393. The molecule has 19 heavy (non-hydrogen) atoms. The Labute approximate surface area is 105 Å². The normalized spacial score (nSPS) is 10.1. The number of rotatable bonds is 5. The van der Waals surface area contributed by atoms with Crippen molar-refractivity contribution in [2.45, 2.75) is 6.54 Å². The Balaban J connectivity index is 2.24. The molecule has 0 radical (unpaired) electrons. The lowest BCUT2D eigenvalue weighted by atomic mass is 10.2. The van der Waals surface area contributed by atoms with Crippen LogP contribution in [0.5, 0.6) is 0 Å². The summed E-state index contributed by atoms with van der Waals surface area (Å²) in [6.07, 6.45) is 1.31. The van der Waals surface area contributed by atoms with Crippen LogP contribution in [0.2, 0.25) is 0 Å². The predicted octanol–water partition coefficient (Wildman–Crippen LogP) is 1.23. The Bertz CT molecular complexity index is 611. The molecule has 1 aromatic carbocycles. The number of anilines is 1. The van der Waals surface area contributed by atoms with Gasteiger partial charge in [-0.3, -0.25) is 25.3 Å². The van der Waals surface area contributed by atoms with Crippen LogP contribution < -0.4 is 5.32 Å². The zero-order chi connectivity index (χ0) is 13.8. The van der Waals surface area contributed by atoms with E-state index in [0.717, 1.165) is 6.07 Å². The molecule has 0 bridgehead atoms. The van der Waals surface area contributed by atoms with Gasteiger partial charge in [0.05, 0.1) is 22.5 Å². The minimum absolute atomic E-state index is 0.173. The molecule has 10 nitrogen and oxygen atoms in total. The number of nitrogens with one attached hydrogen (secondary N) is 2. The van der Waals surface area contributed by atoms with Gasteiger partial charge in [0.15, 0.2) is 0 Å². The minimum Gasteiger partial charge on any atom is -0.372 e. The predicted molar refractivity (Wildman–Crippen MR) is 63.5 cm³/mol. The number of aromatic amines is 1. The summed E-state index contributed by atoms with van der Waals surface area (Å²) >= 11 is 0. The molecule has 2 aromatic rings. The number of benzene rings is 1. The second-order valence-corrected chi connectivity index (χ2v) is 3.50. The Kier molecular flexibility index (Phi) is 3.32. The minimum atomic E-state index is -0.687. The van der Waals surface area contributed by atoms with Crippen molar-refractivity contribution in [2.75, 3.05) is 5.32 Å². The number of hydrogen-bond donors (Lipinski definition) is 2. The molecule has 1 aromatic heterocycles. The zero-order valence-corrected chi connectivity index (χ0v) is 9.44. The summed E-state index contributed by atoms with van der Waals surface area (Å²) in [5.74, 6) is 0.493. The topological polar surface area (TPSA) is 140 Å². The number of nitro groups is 2. The van der Waals surface area contributed by atoms with E-state index < -0.39 is 9.85 Å². The molecule has 0 aliphatic heterocycles. The molecule has 2 N–H and O–H groups in total. The maximum absolute atomic E-state index is 10.9. The van der Waals surface area contributed by atoms with Crippen molar-refractivity contribution < 1.29 is 9.85 Å². The molecule has 0 aliphatic rings. The van der Waals surface area contributed by atoms with E-state index >= 15 is 0 Å². The Morgan fingerprint density at radius 2 is 2.05 bits per heavy atom. The van der Waals surface area contributed by atoms with Gasteiger partial charge in [-0.05, 0) is 6.07 Å². The first-order valence-corrected chi connectivity index (χ1v) is 5.09. The van der Waals surface area contributed by atoms with Crippen LogP contribution in [0.3, 0.4) is 0 Å². The van der Waals surface area contributed by atoms with Gasteiger partial charge in [0.1, 0.15) is 17.8 Å². The fourth-order valence-corrected chi connectivity index (χ4v) is 1.43. The third-order valence-electron chi connectivity index (χ3n) is 2.30. The molecule has 0 saturated carbocycles. The number of hydrogen-bond acceptors (Lipinski definition) is 7. The summed E-state index contributed by atoms with van der Waals surface area (Å²) in [5, 5.41) is 30.4. The Morgan fingerprint density at radius 3 is 2.63 bits per heavy atom. The molecule has 0 amide bonds. The maximum atomic E-state index is 10.9. The van der Waals surface area contributed by atoms with Gasteiger partial charge in [0.25, 0.3) is 11.4 Å². The van der Waals surface area contributed by atoms with Gasteiger partial charge in [0.2, 0.25) is 0 Å². The Hall–Kier alpha value is -3.04. The lowest BCUT2D eigenvalue weighted by Gasteiger charge is -2.04. The van der Waals surface area contributed by atoms with E-state index in [1.54, 1.807) is 0 Å². The first-order chi connectivity index (χ1) is 9.08. The SMILES string of the molecule is O=[N+]([O-])c1ccc(NCc2ncn[nH]2)c([N+](=O)[O-])c1. The lowest BCUT2D eigenvalue weighted by Crippen LogP contribution is -2.04. The van der Waals surface area contributed by atoms with Crippen LogP contribution in [-0.4, -0.2) is 25.0 Å². The second-order valence-electron chi connectivity index (χ2n) is 3.50. The summed E-state index contributed by atoms with van der Waals surface area (Å²) in [6, 6.07) is 3.38. The third kappa shape index (κ3) is 2.80. The van der Waals surface area contributed by atoms with Gasteiger partial charge in [-0.2, -0.15) is 5.10 Å². The second kappa shape index (κ2) is 5.08. The molecule has 2 rings (SSSR count). The largest absolute Gasteiger partial charge is 0.372 e. The highest BCUT2D eigenvalue weighted by Crippen LogP contribution is 2.28. The molecule has 0 atom stereocenters. The summed E-state index contributed by atoms with van der Waals surface area (Å²) in [4.78, 5) is 23.9. The van der Waals surface area contributed by atoms with Crippen LogP contribution in [0.25, 0.3) is 0 Å². The van der Waals surface area contributed by atoms with Crippen molar-refractivity contribution >= 4 is 17.1 Å². The third-order valence-corrected chi connectivity index (χ3v) is 2.30. The highest BCUT2D eigenvalue weighted by Gasteiger charge is 2.19. The van der Waals surface area contributed by atoms with Crippen molar-refractivity contribution in [1.82, 2.24) is 15.2 Å². The highest BCUT2D eigenvalue weighted by molar-refractivity contribution is 5.65. The van der Waals surface area contributed by atoms with Crippen LogP contribution in [0.15, 0.2) is 24.5 Å². The summed E-state index contributed by atoms with van der Waals surface area (Å²) < 4.78 is 0. The van der Waals surface area contributed by atoms with E-state index in [4.69, 9.17) is 0 Å². The number of nitro benzene ring substituents is 2. The van der Waals surface area contributed by atoms with Crippen molar-refractivity contribution in [3.05, 3.63) is 50.6 Å². The maximum Gasteiger partial charge on any atom is 0.299 e. The van der Waals surface area contributed by atoms with Gasteiger partial charge in [-0.25, -0.2) is 4.98 Å². The van der Waals surface area contributed by atoms with E-state index in [2.05, 4.69) is 20.5 Å². The fraction of sp³-hybridized carbons (Fsp3) is 0.111. The van der Waals surface area contributed by atoms with Gasteiger partial charge >= 0.3 is 0 Å². The first-order valence-electron chi connectivity index (χ1n) is 5.09. The molecule has 0 saturated heterocycles. The molecule has 10 heteroatoms. The van der Waals surface area contributed by atoms with Crippen LogP contribution in [-0.2, 0) is 6.54 Å². The van der Waals surface area contributed by atoms with E-state index in [-0.39, 0.29) is 23.6 Å². The van der Waals surface area contributed by atoms with E-state index in [0.29, 0.717) is 5.82 Å². The average molecular weight is 264 g/mol. The highest BCUT2D eigenvalue weighted by atomic mass is 16.6. The van der Waals surface area contributed by atoms with E-state index in [9.17, 15) is 20.2 Å². The number of aromatic nitrogens is 3. The number of H-pyrrole nitrogens is 1. The molecule has 0 unspecified atom stereocenters. The molecule has 0 fully saturated rings. The van der Waals surface area contributed by atoms with Crippen LogP contribution in [0, 0.1) is 20.2 Å². The van der Waals surface area contributed by atoms with Crippen molar-refractivity contribution in [1.29, 1.82) is 0 Å². The number of nitrogens with zero attached hydrogens (tertiary/aromatic N) is 4. The van der Waals surface area contributed by atoms with Crippen LogP contribution in [0.4, 0.5) is 17.1 Å². The van der Waals surface area contributed by atoms with E-state index in [1.807, 2.05) is 0 Å². The quantitative estimate of drug-likeness (QED) is 0.611. The smallest absolute Gasteiger partial charge is 0.299 e. The summed E-state index contributed by atoms with van der Waals surface area (Å²) in [5.41, 5.74) is -0.530. The standard InChI is InChI=1S/C9H8N6O4/c16-14(17)6-1-2-7(8(3-6)15(18)19)10-4-9-11-5-12-13-9/h1-3,5,10H,4H2,(H,11,12,13). The zero-order valence-electron chi connectivity index (χ0n) is 9.44. The van der Waals surface area contributed by atoms with Gasteiger partial charge in [0, 0.05) is 6.07 Å². The van der Waals surface area contributed by atoms with Gasteiger partial charge in [-0.1, -0.05) is 0 Å². The molecule has 0 spiro atoms. The van der Waals surface area contributed by atoms with Gasteiger partial charge in [-0.15, -0.1) is 0 Å².